The molecule has 260 valence electrons. The number of hydrogen-bond acceptors (Lipinski definition) is 11. The number of alkyl halides is 2. The molecule has 0 aromatic heterocycles. The predicted molar refractivity (Wildman–Crippen MR) is 175 cm³/mol. The number of nitrogens with zero attached hydrogens (tertiary/aromatic N) is 1. The molecule has 0 spiro atoms. The average Bonchev–Trinajstić information content (AvgIpc) is 2.95. The summed E-state index contributed by atoms with van der Waals surface area (Å²) >= 11 is 6.71. The molecule has 0 saturated carbocycles. The quantitative estimate of drug-likeness (QED) is 0.0564. The molecule has 45 heavy (non-hydrogen) atoms. The molecular formula is C31H51Br2NO11. The molecule has 5 unspecified atom stereocenters. The zero-order valence-electron chi connectivity index (χ0n) is 28.0. The summed E-state index contributed by atoms with van der Waals surface area (Å²) in [4.78, 5) is 64.4. The van der Waals surface area contributed by atoms with Crippen molar-refractivity contribution in [2.45, 2.75) is 64.0 Å². The normalized spacial score (nSPS) is 16.6. The van der Waals surface area contributed by atoms with Gasteiger partial charge in [-0.1, -0.05) is 51.8 Å². The lowest BCUT2D eigenvalue weighted by Gasteiger charge is -2.32. The van der Waals surface area contributed by atoms with E-state index in [1.54, 1.807) is 33.8 Å². The van der Waals surface area contributed by atoms with Crippen molar-refractivity contribution in [2.24, 2.45) is 28.6 Å². The van der Waals surface area contributed by atoms with Crippen molar-refractivity contribution in [3.63, 3.8) is 0 Å². The van der Waals surface area contributed by atoms with Crippen LogP contribution in [0, 0.1) is 28.6 Å². The summed E-state index contributed by atoms with van der Waals surface area (Å²) < 4.78 is 25.9. The minimum Gasteiger partial charge on any atom is -0.464 e. The van der Waals surface area contributed by atoms with Crippen molar-refractivity contribution in [1.82, 2.24) is 4.90 Å². The van der Waals surface area contributed by atoms with E-state index in [0.29, 0.717) is 6.41 Å². The number of imide groups is 1. The van der Waals surface area contributed by atoms with E-state index < -0.39 is 51.5 Å². The lowest BCUT2D eigenvalue weighted by Crippen LogP contribution is -2.46. The van der Waals surface area contributed by atoms with Gasteiger partial charge in [0, 0.05) is 29.9 Å². The van der Waals surface area contributed by atoms with Crippen LogP contribution in [0.4, 0.5) is 0 Å². The number of carbonyl (C=O) groups is 5. The Bertz CT molecular complexity index is 1010. The molecule has 0 aromatic carbocycles. The van der Waals surface area contributed by atoms with Gasteiger partial charge in [-0.05, 0) is 47.5 Å². The number of carbonyl (C=O) groups excluding carboxylic acids is 5. The van der Waals surface area contributed by atoms with Gasteiger partial charge >= 0.3 is 17.9 Å². The Morgan fingerprint density at radius 3 is 1.80 bits per heavy atom. The molecule has 0 rings (SSSR count). The van der Waals surface area contributed by atoms with Crippen LogP contribution in [0.1, 0.15) is 55.4 Å². The maximum Gasteiger partial charge on any atom is 0.322 e. The van der Waals surface area contributed by atoms with E-state index >= 15 is 0 Å². The van der Waals surface area contributed by atoms with Crippen LogP contribution >= 0.6 is 31.9 Å². The molecule has 12 nitrogen and oxygen atoms in total. The van der Waals surface area contributed by atoms with Gasteiger partial charge in [0.15, 0.2) is 0 Å². The van der Waals surface area contributed by atoms with Crippen molar-refractivity contribution in [3.05, 3.63) is 12.7 Å². The minimum atomic E-state index is -1.45. The van der Waals surface area contributed by atoms with E-state index in [2.05, 4.69) is 38.4 Å². The van der Waals surface area contributed by atoms with E-state index in [9.17, 15) is 29.1 Å². The second kappa shape index (κ2) is 19.1. The van der Waals surface area contributed by atoms with Crippen molar-refractivity contribution in [2.75, 3.05) is 59.9 Å². The summed E-state index contributed by atoms with van der Waals surface area (Å²) in [6.07, 6.45) is 1.92. The first-order valence-electron chi connectivity index (χ1n) is 14.6. The van der Waals surface area contributed by atoms with Crippen LogP contribution in [-0.4, -0.2) is 109 Å². The van der Waals surface area contributed by atoms with Gasteiger partial charge < -0.3 is 28.8 Å². The van der Waals surface area contributed by atoms with E-state index in [1.807, 2.05) is 13.8 Å². The molecule has 2 amide bonds. The molecule has 0 saturated heterocycles. The lowest BCUT2D eigenvalue weighted by molar-refractivity contribution is -0.177. The number of hydrogen-bond donors (Lipinski definition) is 1. The fourth-order valence-corrected chi connectivity index (χ4v) is 4.17. The highest BCUT2D eigenvalue weighted by Crippen LogP contribution is 2.28. The predicted octanol–water partition coefficient (Wildman–Crippen LogP) is 3.69. The van der Waals surface area contributed by atoms with Crippen LogP contribution < -0.4 is 0 Å². The molecule has 0 aliphatic rings. The first kappa shape index (κ1) is 43.1. The number of ether oxygens (including phenoxy) is 5. The first-order valence-corrected chi connectivity index (χ1v) is 16.2. The topological polar surface area (TPSA) is 155 Å². The highest BCUT2D eigenvalue weighted by Gasteiger charge is 2.43. The van der Waals surface area contributed by atoms with Gasteiger partial charge in [0.1, 0.15) is 35.0 Å². The van der Waals surface area contributed by atoms with Crippen molar-refractivity contribution in [3.8, 4) is 0 Å². The average molecular weight is 774 g/mol. The van der Waals surface area contributed by atoms with E-state index in [0.717, 1.165) is 4.90 Å². The van der Waals surface area contributed by atoms with E-state index in [4.69, 9.17) is 23.7 Å². The van der Waals surface area contributed by atoms with Gasteiger partial charge in [-0.15, -0.1) is 6.58 Å². The van der Waals surface area contributed by atoms with E-state index in [1.165, 1.54) is 21.0 Å². The number of aliphatic hydroxyl groups is 1. The number of amides is 2. The Morgan fingerprint density at radius 1 is 0.844 bits per heavy atom. The monoisotopic (exact) mass is 771 g/mol. The number of methoxy groups -OCH3 is 1. The molecule has 5 atom stereocenters. The maximum absolute atomic E-state index is 13.4. The van der Waals surface area contributed by atoms with Crippen LogP contribution in [0.25, 0.3) is 0 Å². The molecule has 0 radical (unpaired) electrons. The third-order valence-corrected chi connectivity index (χ3v) is 7.74. The molecular weight excluding hydrogens is 722 g/mol. The van der Waals surface area contributed by atoms with Crippen molar-refractivity contribution in [1.29, 1.82) is 0 Å². The van der Waals surface area contributed by atoms with Crippen LogP contribution in [0.5, 0.6) is 0 Å². The molecule has 0 aliphatic heterocycles. The number of esters is 3. The van der Waals surface area contributed by atoms with Gasteiger partial charge in [-0.25, -0.2) is 0 Å². The fraction of sp³-hybridized carbons (Fsp3) is 0.774. The molecule has 0 fully saturated rings. The smallest absolute Gasteiger partial charge is 0.322 e. The standard InChI is InChI=1S/C31H51Br2NO11/c1-11-23(14-35)21(2)22(3)24(37)34(20-36)12-13-43-26(39)30(8,16-41-10)18-45-27(40)31(9,17-42-15-28(4,5)32)19-44-25(38)29(6,7)33/h11,20-23,35H,1,12-19H2,2-10H3. The summed E-state index contributed by atoms with van der Waals surface area (Å²) in [7, 11) is 1.37. The van der Waals surface area contributed by atoms with Gasteiger partial charge in [0.2, 0.25) is 12.3 Å². The SMILES string of the molecule is C=CC(CO)C(C)C(C)C(=O)N(C=O)CCOC(=O)C(C)(COC)COC(=O)C(C)(COCC(C)(C)Br)COC(=O)C(C)(C)Br. The third kappa shape index (κ3) is 14.6. The summed E-state index contributed by atoms with van der Waals surface area (Å²) in [5, 5.41) is 9.52. The number of halogens is 2. The molecule has 0 aliphatic carbocycles. The number of rotatable bonds is 22. The van der Waals surface area contributed by atoms with Crippen molar-refractivity contribution >= 4 is 62.1 Å². The van der Waals surface area contributed by atoms with E-state index in [-0.39, 0.29) is 62.3 Å². The Kier molecular flexibility index (Phi) is 18.3. The second-order valence-electron chi connectivity index (χ2n) is 12.9. The summed E-state index contributed by atoms with van der Waals surface area (Å²) in [6, 6.07) is 0. The molecule has 0 heterocycles. The Morgan fingerprint density at radius 2 is 1.36 bits per heavy atom. The summed E-state index contributed by atoms with van der Waals surface area (Å²) in [6.45, 7) is 15.5. The fourth-order valence-electron chi connectivity index (χ4n) is 3.89. The Balaban J connectivity index is 5.56. The Hall–Kier alpha value is -1.87. The van der Waals surface area contributed by atoms with Crippen LogP contribution in [0.2, 0.25) is 0 Å². The first-order chi connectivity index (χ1) is 20.6. The largest absolute Gasteiger partial charge is 0.464 e. The summed E-state index contributed by atoms with van der Waals surface area (Å²) in [5.74, 6) is -3.87. The molecule has 14 heteroatoms. The molecule has 1 N–H and O–H groups in total. The third-order valence-electron chi connectivity index (χ3n) is 7.19. The van der Waals surface area contributed by atoms with Crippen LogP contribution in [0.15, 0.2) is 12.7 Å². The van der Waals surface area contributed by atoms with Gasteiger partial charge in [0.05, 0.1) is 26.4 Å². The Labute approximate surface area is 284 Å². The molecule has 0 bridgehead atoms. The highest BCUT2D eigenvalue weighted by atomic mass is 79.9. The minimum absolute atomic E-state index is 0.138. The lowest BCUT2D eigenvalue weighted by atomic mass is 9.83. The zero-order valence-corrected chi connectivity index (χ0v) is 31.2. The van der Waals surface area contributed by atoms with Crippen LogP contribution in [-0.2, 0) is 47.7 Å². The molecule has 0 aromatic rings. The van der Waals surface area contributed by atoms with Crippen molar-refractivity contribution < 1.29 is 52.8 Å². The highest BCUT2D eigenvalue weighted by molar-refractivity contribution is 9.10. The maximum atomic E-state index is 13.4. The van der Waals surface area contributed by atoms with Gasteiger partial charge in [0.25, 0.3) is 0 Å². The summed E-state index contributed by atoms with van der Waals surface area (Å²) in [5.41, 5.74) is -2.86. The second-order valence-corrected chi connectivity index (χ2v) is 17.0. The van der Waals surface area contributed by atoms with Gasteiger partial charge in [-0.3, -0.25) is 28.9 Å². The van der Waals surface area contributed by atoms with Gasteiger partial charge in [-0.2, -0.15) is 0 Å². The van der Waals surface area contributed by atoms with Crippen LogP contribution in [0.3, 0.4) is 0 Å². The zero-order chi connectivity index (χ0) is 35.2. The number of aliphatic hydroxyl groups excluding tert-OH is 1.